The summed E-state index contributed by atoms with van der Waals surface area (Å²) < 4.78 is 0. The molecular formula is C13H12N2O2. The van der Waals surface area contributed by atoms with Gasteiger partial charge in [0.25, 0.3) is 0 Å². The van der Waals surface area contributed by atoms with E-state index in [-0.39, 0.29) is 19.5 Å². The van der Waals surface area contributed by atoms with Crippen molar-refractivity contribution in [1.82, 2.24) is 0 Å². The second-order valence-corrected chi connectivity index (χ2v) is 3.40. The third kappa shape index (κ3) is 3.55. The van der Waals surface area contributed by atoms with E-state index in [4.69, 9.17) is 16.8 Å². The molecule has 0 bridgehead atoms. The predicted octanol–water partition coefficient (Wildman–Crippen LogP) is 1.47. The van der Waals surface area contributed by atoms with Crippen LogP contribution >= 0.6 is 0 Å². The van der Waals surface area contributed by atoms with Crippen molar-refractivity contribution in [3.05, 3.63) is 29.8 Å². The summed E-state index contributed by atoms with van der Waals surface area (Å²) in [7, 11) is 0. The molecule has 0 radical (unpaired) electrons. The number of rotatable bonds is 5. The first kappa shape index (κ1) is 12.6. The smallest absolute Gasteiger partial charge is 0.305 e. The number of carboxylic acid groups (broad SMARTS) is 1. The Labute approximate surface area is 100 Å². The highest BCUT2D eigenvalue weighted by atomic mass is 16.4. The van der Waals surface area contributed by atoms with Crippen LogP contribution in [-0.4, -0.2) is 24.2 Å². The van der Waals surface area contributed by atoms with Crippen LogP contribution in [0.2, 0.25) is 0 Å². The summed E-state index contributed by atoms with van der Waals surface area (Å²) >= 11 is 0. The summed E-state index contributed by atoms with van der Waals surface area (Å²) in [6.07, 6.45) is 5.23. The molecule has 4 nitrogen and oxygen atoms in total. The largest absolute Gasteiger partial charge is 0.481 e. The van der Waals surface area contributed by atoms with E-state index < -0.39 is 5.97 Å². The second kappa shape index (κ2) is 6.19. The molecule has 1 rings (SSSR count). The molecule has 0 heterocycles. The fourth-order valence-corrected chi connectivity index (χ4v) is 1.47. The Bertz CT molecular complexity index is 483. The fraction of sp³-hybridized carbons (Fsp3) is 0.231. The van der Waals surface area contributed by atoms with Crippen molar-refractivity contribution < 1.29 is 9.90 Å². The van der Waals surface area contributed by atoms with E-state index in [2.05, 4.69) is 12.0 Å². The third-order valence-corrected chi connectivity index (χ3v) is 2.24. The van der Waals surface area contributed by atoms with Gasteiger partial charge in [-0.3, -0.25) is 4.79 Å². The first-order chi connectivity index (χ1) is 8.19. The Morgan fingerprint density at radius 2 is 2.18 bits per heavy atom. The van der Waals surface area contributed by atoms with E-state index in [0.29, 0.717) is 11.3 Å². The molecule has 0 atom stereocenters. The minimum Gasteiger partial charge on any atom is -0.481 e. The molecule has 0 saturated carbocycles. The van der Waals surface area contributed by atoms with Crippen molar-refractivity contribution in [3.8, 4) is 18.4 Å². The zero-order chi connectivity index (χ0) is 12.7. The number of hydrogen-bond donors (Lipinski definition) is 1. The van der Waals surface area contributed by atoms with Crippen LogP contribution in [0, 0.1) is 23.7 Å². The number of anilines is 1. The van der Waals surface area contributed by atoms with Crippen LogP contribution in [0.15, 0.2) is 24.3 Å². The molecule has 1 N–H and O–H groups in total. The lowest BCUT2D eigenvalue weighted by Crippen LogP contribution is -2.27. The molecule has 0 fully saturated rings. The highest BCUT2D eigenvalue weighted by Gasteiger charge is 2.11. The van der Waals surface area contributed by atoms with Gasteiger partial charge in [-0.2, -0.15) is 5.26 Å². The van der Waals surface area contributed by atoms with Crippen LogP contribution < -0.4 is 4.90 Å². The molecule has 0 amide bonds. The average Bonchev–Trinajstić information content (AvgIpc) is 2.34. The zero-order valence-electron chi connectivity index (χ0n) is 9.26. The van der Waals surface area contributed by atoms with E-state index in [0.717, 1.165) is 0 Å². The summed E-state index contributed by atoms with van der Waals surface area (Å²) in [4.78, 5) is 12.3. The van der Waals surface area contributed by atoms with Crippen LogP contribution in [0.5, 0.6) is 0 Å². The molecule has 17 heavy (non-hydrogen) atoms. The second-order valence-electron chi connectivity index (χ2n) is 3.40. The Balaban J connectivity index is 2.94. The lowest BCUT2D eigenvalue weighted by molar-refractivity contribution is -0.136. The van der Waals surface area contributed by atoms with E-state index in [1.807, 2.05) is 0 Å². The normalized spacial score (nSPS) is 9.06. The van der Waals surface area contributed by atoms with E-state index in [1.54, 1.807) is 29.2 Å². The average molecular weight is 228 g/mol. The predicted molar refractivity (Wildman–Crippen MR) is 64.5 cm³/mol. The number of carbonyl (C=O) groups is 1. The van der Waals surface area contributed by atoms with Crippen molar-refractivity contribution in [2.75, 3.05) is 18.0 Å². The number of hydrogen-bond acceptors (Lipinski definition) is 3. The molecular weight excluding hydrogens is 216 g/mol. The Kier molecular flexibility index (Phi) is 4.59. The molecule has 0 aliphatic heterocycles. The first-order valence-electron chi connectivity index (χ1n) is 5.08. The molecule has 1 aromatic rings. The van der Waals surface area contributed by atoms with Gasteiger partial charge in [0.1, 0.15) is 6.07 Å². The summed E-state index contributed by atoms with van der Waals surface area (Å²) in [6.45, 7) is 0.574. The molecule has 86 valence electrons. The molecule has 0 aliphatic carbocycles. The van der Waals surface area contributed by atoms with Gasteiger partial charge < -0.3 is 10.0 Å². The van der Waals surface area contributed by atoms with Gasteiger partial charge in [-0.1, -0.05) is 18.1 Å². The van der Waals surface area contributed by atoms with Crippen LogP contribution in [0.4, 0.5) is 5.69 Å². The lowest BCUT2D eigenvalue weighted by Gasteiger charge is -2.22. The number of terminal acetylenes is 1. The number of aliphatic carboxylic acids is 1. The molecule has 0 spiro atoms. The van der Waals surface area contributed by atoms with Gasteiger partial charge in [-0.05, 0) is 12.1 Å². The quantitative estimate of drug-likeness (QED) is 0.775. The van der Waals surface area contributed by atoms with Crippen LogP contribution in [0.25, 0.3) is 0 Å². The van der Waals surface area contributed by atoms with Crippen molar-refractivity contribution in [1.29, 1.82) is 5.26 Å². The Morgan fingerprint density at radius 1 is 1.47 bits per heavy atom. The van der Waals surface area contributed by atoms with Crippen LogP contribution in [0.1, 0.15) is 12.0 Å². The summed E-state index contributed by atoms with van der Waals surface area (Å²) in [6, 6.07) is 9.06. The van der Waals surface area contributed by atoms with Crippen molar-refractivity contribution in [3.63, 3.8) is 0 Å². The maximum Gasteiger partial charge on any atom is 0.305 e. The minimum absolute atomic E-state index is 0.0125. The summed E-state index contributed by atoms with van der Waals surface area (Å²) in [5.41, 5.74) is 1.17. The van der Waals surface area contributed by atoms with E-state index >= 15 is 0 Å². The van der Waals surface area contributed by atoms with Gasteiger partial charge in [0.05, 0.1) is 24.2 Å². The molecule has 0 aromatic heterocycles. The standard InChI is InChI=1S/C13H12N2O2/c1-2-8-15(9-7-13(16)17)12-6-4-3-5-11(12)10-14/h1,3-6H,7-9H2,(H,16,17). The molecule has 4 heteroatoms. The molecule has 0 aliphatic rings. The number of nitriles is 1. The van der Waals surface area contributed by atoms with Crippen molar-refractivity contribution in [2.24, 2.45) is 0 Å². The SMILES string of the molecule is C#CCN(CCC(=O)O)c1ccccc1C#N. The summed E-state index contributed by atoms with van der Waals surface area (Å²) in [5.74, 6) is 1.58. The van der Waals surface area contributed by atoms with Gasteiger partial charge in [-0.25, -0.2) is 0 Å². The Morgan fingerprint density at radius 3 is 2.76 bits per heavy atom. The third-order valence-electron chi connectivity index (χ3n) is 2.24. The maximum atomic E-state index is 10.6. The highest BCUT2D eigenvalue weighted by molar-refractivity contribution is 5.68. The van der Waals surface area contributed by atoms with Crippen molar-refractivity contribution in [2.45, 2.75) is 6.42 Å². The van der Waals surface area contributed by atoms with Gasteiger partial charge >= 0.3 is 5.97 Å². The van der Waals surface area contributed by atoms with Gasteiger partial charge in [0, 0.05) is 6.54 Å². The zero-order valence-corrected chi connectivity index (χ0v) is 9.26. The Hall–Kier alpha value is -2.46. The molecule has 0 unspecified atom stereocenters. The van der Waals surface area contributed by atoms with Crippen molar-refractivity contribution >= 4 is 11.7 Å². The highest BCUT2D eigenvalue weighted by Crippen LogP contribution is 2.19. The molecule has 0 saturated heterocycles. The maximum absolute atomic E-state index is 10.6. The van der Waals surface area contributed by atoms with E-state index in [1.165, 1.54) is 0 Å². The van der Waals surface area contributed by atoms with Gasteiger partial charge in [0.15, 0.2) is 0 Å². The fourth-order valence-electron chi connectivity index (χ4n) is 1.47. The summed E-state index contributed by atoms with van der Waals surface area (Å²) in [5, 5.41) is 17.6. The number of para-hydroxylation sites is 1. The van der Waals surface area contributed by atoms with Gasteiger partial charge in [0.2, 0.25) is 0 Å². The topological polar surface area (TPSA) is 64.3 Å². The monoisotopic (exact) mass is 228 g/mol. The number of nitrogens with zero attached hydrogens (tertiary/aromatic N) is 2. The lowest BCUT2D eigenvalue weighted by atomic mass is 10.1. The van der Waals surface area contributed by atoms with Crippen LogP contribution in [-0.2, 0) is 4.79 Å². The number of benzene rings is 1. The minimum atomic E-state index is -0.888. The first-order valence-corrected chi connectivity index (χ1v) is 5.08. The number of carboxylic acids is 1. The van der Waals surface area contributed by atoms with Gasteiger partial charge in [-0.15, -0.1) is 6.42 Å². The van der Waals surface area contributed by atoms with E-state index in [9.17, 15) is 4.79 Å². The van der Waals surface area contributed by atoms with Crippen LogP contribution in [0.3, 0.4) is 0 Å². The molecule has 1 aromatic carbocycles.